The minimum atomic E-state index is -0.420. The van der Waals surface area contributed by atoms with Crippen molar-refractivity contribution in [2.45, 2.75) is 63.0 Å². The molecule has 0 aromatic heterocycles. The molecule has 2 rings (SSSR count). The minimum absolute atomic E-state index is 0.420. The van der Waals surface area contributed by atoms with Gasteiger partial charge in [-0.05, 0) is 38.1 Å². The maximum absolute atomic E-state index is 10.3. The monoisotopic (exact) mass is 226 g/mol. The van der Waals surface area contributed by atoms with Crippen LogP contribution in [-0.2, 0) is 0 Å². The van der Waals surface area contributed by atoms with E-state index < -0.39 is 5.60 Å². The molecule has 2 aliphatic rings. The van der Waals surface area contributed by atoms with E-state index in [-0.39, 0.29) is 0 Å². The molecule has 0 bridgehead atoms. The maximum Gasteiger partial charge on any atom is 0.0771 e. The highest BCUT2D eigenvalue weighted by Gasteiger charge is 2.32. The average molecular weight is 226 g/mol. The highest BCUT2D eigenvalue weighted by atomic mass is 16.3. The van der Waals surface area contributed by atoms with E-state index in [0.717, 1.165) is 25.9 Å². The Morgan fingerprint density at radius 2 is 1.81 bits per heavy atom. The molecule has 4 N–H and O–H groups in total. The fraction of sp³-hybridized carbons (Fsp3) is 1.00. The Morgan fingerprint density at radius 3 is 2.50 bits per heavy atom. The van der Waals surface area contributed by atoms with Crippen molar-refractivity contribution in [3.05, 3.63) is 0 Å². The van der Waals surface area contributed by atoms with Gasteiger partial charge in [-0.25, -0.2) is 0 Å². The van der Waals surface area contributed by atoms with Crippen LogP contribution in [0.25, 0.3) is 0 Å². The summed E-state index contributed by atoms with van der Waals surface area (Å²) < 4.78 is 0. The Morgan fingerprint density at radius 1 is 1.12 bits per heavy atom. The molecule has 0 aromatic rings. The molecule has 2 unspecified atom stereocenters. The van der Waals surface area contributed by atoms with E-state index in [2.05, 4.69) is 5.32 Å². The molecule has 16 heavy (non-hydrogen) atoms. The highest BCUT2D eigenvalue weighted by Crippen LogP contribution is 2.30. The van der Waals surface area contributed by atoms with Crippen LogP contribution in [0, 0.1) is 5.92 Å². The van der Waals surface area contributed by atoms with Gasteiger partial charge >= 0.3 is 0 Å². The van der Waals surface area contributed by atoms with Gasteiger partial charge in [0.25, 0.3) is 0 Å². The lowest BCUT2D eigenvalue weighted by Crippen LogP contribution is -2.48. The second-order valence-electron chi connectivity index (χ2n) is 5.70. The number of rotatable bonds is 4. The predicted molar refractivity (Wildman–Crippen MR) is 66.2 cm³/mol. The molecular formula is C13H26N2O. The van der Waals surface area contributed by atoms with E-state index in [9.17, 15) is 5.11 Å². The van der Waals surface area contributed by atoms with Crippen molar-refractivity contribution in [2.24, 2.45) is 11.7 Å². The highest BCUT2D eigenvalue weighted by molar-refractivity contribution is 4.89. The molecular weight excluding hydrogens is 200 g/mol. The van der Waals surface area contributed by atoms with Crippen LogP contribution in [0.15, 0.2) is 0 Å². The quantitative estimate of drug-likeness (QED) is 0.679. The summed E-state index contributed by atoms with van der Waals surface area (Å²) >= 11 is 0. The summed E-state index contributed by atoms with van der Waals surface area (Å²) in [5.41, 5.74) is 5.39. The average Bonchev–Trinajstić information content (AvgIpc) is 2.74. The van der Waals surface area contributed by atoms with E-state index in [1.165, 1.54) is 38.5 Å². The molecule has 2 atom stereocenters. The van der Waals surface area contributed by atoms with E-state index in [1.54, 1.807) is 0 Å². The molecule has 2 fully saturated rings. The van der Waals surface area contributed by atoms with Crippen LogP contribution < -0.4 is 11.1 Å². The van der Waals surface area contributed by atoms with Crippen LogP contribution in [0.2, 0.25) is 0 Å². The molecule has 0 aromatic carbocycles. The summed E-state index contributed by atoms with van der Waals surface area (Å²) in [6.07, 6.45) is 9.44. The fourth-order valence-electron chi connectivity index (χ4n) is 3.29. The lowest BCUT2D eigenvalue weighted by molar-refractivity contribution is 0.0406. The van der Waals surface area contributed by atoms with Crippen LogP contribution in [0.5, 0.6) is 0 Å². The topological polar surface area (TPSA) is 58.3 Å². The summed E-state index contributed by atoms with van der Waals surface area (Å²) in [7, 11) is 0. The third-order valence-corrected chi connectivity index (χ3v) is 4.44. The van der Waals surface area contributed by atoms with Gasteiger partial charge in [0, 0.05) is 12.6 Å². The lowest BCUT2D eigenvalue weighted by atomic mass is 9.84. The van der Waals surface area contributed by atoms with Gasteiger partial charge in [0.15, 0.2) is 0 Å². The van der Waals surface area contributed by atoms with Crippen molar-refractivity contribution in [3.8, 4) is 0 Å². The lowest BCUT2D eigenvalue weighted by Gasteiger charge is -2.34. The van der Waals surface area contributed by atoms with Gasteiger partial charge in [0.05, 0.1) is 5.60 Å². The standard InChI is InChI=1S/C13H26N2O/c14-9-11-5-1-2-6-12(11)15-10-13(16)7-3-4-8-13/h11-12,15-16H,1-10,14H2. The number of nitrogens with two attached hydrogens (primary N) is 1. The van der Waals surface area contributed by atoms with Crippen LogP contribution in [0.1, 0.15) is 51.4 Å². The summed E-state index contributed by atoms with van der Waals surface area (Å²) in [6.45, 7) is 1.56. The first-order valence-corrected chi connectivity index (χ1v) is 6.89. The predicted octanol–water partition coefficient (Wildman–Crippen LogP) is 1.40. The van der Waals surface area contributed by atoms with Gasteiger partial charge in [0.2, 0.25) is 0 Å². The zero-order chi connectivity index (χ0) is 11.4. The van der Waals surface area contributed by atoms with Gasteiger partial charge in [-0.1, -0.05) is 25.7 Å². The number of hydrogen-bond donors (Lipinski definition) is 3. The van der Waals surface area contributed by atoms with Crippen LogP contribution >= 0.6 is 0 Å². The molecule has 3 heteroatoms. The van der Waals surface area contributed by atoms with Gasteiger partial charge in [-0.15, -0.1) is 0 Å². The third kappa shape index (κ3) is 2.96. The second kappa shape index (κ2) is 5.48. The summed E-state index contributed by atoms with van der Waals surface area (Å²) in [5.74, 6) is 0.624. The van der Waals surface area contributed by atoms with Crippen molar-refractivity contribution in [3.63, 3.8) is 0 Å². The number of hydrogen-bond acceptors (Lipinski definition) is 3. The van der Waals surface area contributed by atoms with Crippen LogP contribution in [0.3, 0.4) is 0 Å². The second-order valence-corrected chi connectivity index (χ2v) is 5.70. The molecule has 0 amide bonds. The first-order chi connectivity index (χ1) is 7.73. The van der Waals surface area contributed by atoms with Crippen molar-refractivity contribution < 1.29 is 5.11 Å². The van der Waals surface area contributed by atoms with Gasteiger partial charge in [0.1, 0.15) is 0 Å². The molecule has 0 heterocycles. The molecule has 94 valence electrons. The zero-order valence-electron chi connectivity index (χ0n) is 10.3. The van der Waals surface area contributed by atoms with Crippen molar-refractivity contribution >= 4 is 0 Å². The van der Waals surface area contributed by atoms with Crippen LogP contribution in [-0.4, -0.2) is 29.8 Å². The third-order valence-electron chi connectivity index (χ3n) is 4.44. The Hall–Kier alpha value is -0.120. The minimum Gasteiger partial charge on any atom is -0.389 e. The fourth-order valence-corrected chi connectivity index (χ4v) is 3.29. The molecule has 2 saturated carbocycles. The SMILES string of the molecule is NCC1CCCCC1NCC1(O)CCCC1. The van der Waals surface area contributed by atoms with E-state index in [4.69, 9.17) is 5.73 Å². The van der Waals surface area contributed by atoms with E-state index >= 15 is 0 Å². The molecule has 0 aliphatic heterocycles. The number of nitrogens with one attached hydrogen (secondary N) is 1. The largest absolute Gasteiger partial charge is 0.389 e. The normalized spacial score (nSPS) is 34.1. The smallest absolute Gasteiger partial charge is 0.0771 e. The Kier molecular flexibility index (Phi) is 4.22. The Balaban J connectivity index is 1.79. The summed E-state index contributed by atoms with van der Waals surface area (Å²) in [4.78, 5) is 0. The molecule has 0 saturated heterocycles. The van der Waals surface area contributed by atoms with Crippen molar-refractivity contribution in [2.75, 3.05) is 13.1 Å². The van der Waals surface area contributed by atoms with Crippen molar-refractivity contribution in [1.82, 2.24) is 5.32 Å². The summed E-state index contributed by atoms with van der Waals surface area (Å²) in [6, 6.07) is 0.545. The molecule has 0 radical (unpaired) electrons. The van der Waals surface area contributed by atoms with Gasteiger partial charge < -0.3 is 16.2 Å². The molecule has 0 spiro atoms. The van der Waals surface area contributed by atoms with Gasteiger partial charge in [-0.3, -0.25) is 0 Å². The van der Waals surface area contributed by atoms with Crippen molar-refractivity contribution in [1.29, 1.82) is 0 Å². The van der Waals surface area contributed by atoms with Gasteiger partial charge in [-0.2, -0.15) is 0 Å². The first kappa shape index (κ1) is 12.3. The maximum atomic E-state index is 10.3. The Bertz CT molecular complexity index is 214. The van der Waals surface area contributed by atoms with Crippen LogP contribution in [0.4, 0.5) is 0 Å². The Labute approximate surface area is 98.8 Å². The first-order valence-electron chi connectivity index (χ1n) is 6.89. The zero-order valence-corrected chi connectivity index (χ0v) is 10.3. The summed E-state index contributed by atoms with van der Waals surface area (Å²) in [5, 5.41) is 13.9. The molecule has 2 aliphatic carbocycles. The molecule has 3 nitrogen and oxygen atoms in total. The number of aliphatic hydroxyl groups is 1. The van der Waals surface area contributed by atoms with E-state index in [1.807, 2.05) is 0 Å². The van der Waals surface area contributed by atoms with E-state index in [0.29, 0.717) is 12.0 Å².